The van der Waals surface area contributed by atoms with Gasteiger partial charge in [-0.05, 0) is 19.3 Å². The fourth-order valence-corrected chi connectivity index (χ4v) is 2.42. The van der Waals surface area contributed by atoms with Crippen LogP contribution in [0.4, 0.5) is 0 Å². The van der Waals surface area contributed by atoms with E-state index in [9.17, 15) is 24.0 Å². The Morgan fingerprint density at radius 3 is 1.89 bits per heavy atom. The summed E-state index contributed by atoms with van der Waals surface area (Å²) in [6.45, 7) is 5.12. The molecule has 0 fully saturated rings. The summed E-state index contributed by atoms with van der Waals surface area (Å²) < 4.78 is 0. The number of carbonyl (C=O) groups is 5. The van der Waals surface area contributed by atoms with Crippen molar-refractivity contribution >= 4 is 42.2 Å². The van der Waals surface area contributed by atoms with Crippen LogP contribution in [0.3, 0.4) is 0 Å². The summed E-state index contributed by atoms with van der Waals surface area (Å²) in [5.41, 5.74) is 10.7. The third-order valence-electron chi connectivity index (χ3n) is 3.65. The first kappa shape index (κ1) is 25.7. The molecule has 0 rings (SSSR count). The van der Waals surface area contributed by atoms with Crippen molar-refractivity contribution in [2.45, 2.75) is 57.8 Å². The van der Waals surface area contributed by atoms with Crippen LogP contribution in [0.2, 0.25) is 0 Å². The quantitative estimate of drug-likeness (QED) is 0.173. The minimum atomic E-state index is -1.52. The summed E-state index contributed by atoms with van der Waals surface area (Å²) >= 11 is 4.02. The van der Waals surface area contributed by atoms with Gasteiger partial charge in [0.25, 0.3) is 0 Å². The lowest BCUT2D eigenvalue weighted by Crippen LogP contribution is -2.57. The number of hydrogen-bond acceptors (Lipinski definition) is 7. The first-order chi connectivity index (χ1) is 12.9. The molecule has 0 saturated heterocycles. The molecule has 0 saturated carbocycles. The van der Waals surface area contributed by atoms with Gasteiger partial charge in [0, 0.05) is 5.75 Å². The van der Waals surface area contributed by atoms with Crippen LogP contribution in [-0.4, -0.2) is 64.6 Å². The van der Waals surface area contributed by atoms with Gasteiger partial charge in [0.1, 0.15) is 18.1 Å². The molecule has 11 nitrogen and oxygen atoms in total. The molecule has 12 heteroatoms. The van der Waals surface area contributed by atoms with E-state index in [4.69, 9.17) is 16.6 Å². The van der Waals surface area contributed by atoms with Gasteiger partial charge in [0.15, 0.2) is 0 Å². The summed E-state index contributed by atoms with van der Waals surface area (Å²) in [6.07, 6.45) is -0.160. The molecule has 4 atom stereocenters. The van der Waals surface area contributed by atoms with Crippen molar-refractivity contribution in [3.63, 3.8) is 0 Å². The average Bonchev–Trinajstić information content (AvgIpc) is 2.57. The van der Waals surface area contributed by atoms with E-state index in [0.717, 1.165) is 0 Å². The zero-order valence-corrected chi connectivity index (χ0v) is 17.0. The number of aliphatic carboxylic acids is 1. The van der Waals surface area contributed by atoms with Crippen LogP contribution >= 0.6 is 12.6 Å². The fraction of sp³-hybridized carbons (Fsp3) is 0.688. The van der Waals surface area contributed by atoms with Crippen LogP contribution in [0, 0.1) is 5.92 Å². The SMILES string of the molecule is CC(C)CC(N)C(=O)NC(CS)C(=O)NC(C)C(=O)NC(CC(N)=O)C(=O)O. The van der Waals surface area contributed by atoms with Crippen LogP contribution < -0.4 is 27.4 Å². The van der Waals surface area contributed by atoms with Crippen LogP contribution in [-0.2, 0) is 24.0 Å². The Kier molecular flexibility index (Phi) is 11.2. The highest BCUT2D eigenvalue weighted by Gasteiger charge is 2.28. The van der Waals surface area contributed by atoms with Crippen LogP contribution in [0.1, 0.15) is 33.6 Å². The maximum atomic E-state index is 12.3. The summed E-state index contributed by atoms with van der Waals surface area (Å²) in [5, 5.41) is 15.9. The number of rotatable bonds is 12. The highest BCUT2D eigenvalue weighted by Crippen LogP contribution is 2.03. The van der Waals surface area contributed by atoms with Gasteiger partial charge in [0.05, 0.1) is 12.5 Å². The number of primary amides is 1. The van der Waals surface area contributed by atoms with Crippen LogP contribution in [0.25, 0.3) is 0 Å². The fourth-order valence-electron chi connectivity index (χ4n) is 2.17. The number of nitrogens with two attached hydrogens (primary N) is 2. The second-order valence-electron chi connectivity index (χ2n) is 6.78. The molecule has 0 aromatic carbocycles. The zero-order valence-electron chi connectivity index (χ0n) is 16.1. The standard InChI is InChI=1S/C16H29N5O6S/c1-7(2)4-9(17)14(24)21-11(6-28)15(25)19-8(3)13(23)20-10(16(26)27)5-12(18)22/h7-11,28H,4-6,17H2,1-3H3,(H2,18,22)(H,19,25)(H,20,23)(H,21,24)(H,26,27). The zero-order chi connectivity index (χ0) is 22.0. The summed E-state index contributed by atoms with van der Waals surface area (Å²) in [4.78, 5) is 58.3. The maximum absolute atomic E-state index is 12.3. The highest BCUT2D eigenvalue weighted by molar-refractivity contribution is 7.80. The van der Waals surface area contributed by atoms with Crippen molar-refractivity contribution in [3.05, 3.63) is 0 Å². The maximum Gasteiger partial charge on any atom is 0.326 e. The van der Waals surface area contributed by atoms with Crippen LogP contribution in [0.15, 0.2) is 0 Å². The van der Waals surface area contributed by atoms with Gasteiger partial charge in [-0.2, -0.15) is 12.6 Å². The average molecular weight is 420 g/mol. The predicted octanol–water partition coefficient (Wildman–Crippen LogP) is -2.28. The van der Waals surface area contributed by atoms with Crippen molar-refractivity contribution in [3.8, 4) is 0 Å². The molecule has 8 N–H and O–H groups in total. The van der Waals surface area contributed by atoms with E-state index in [0.29, 0.717) is 6.42 Å². The monoisotopic (exact) mass is 419 g/mol. The Balaban J connectivity index is 4.82. The van der Waals surface area contributed by atoms with Crippen LogP contribution in [0.5, 0.6) is 0 Å². The van der Waals surface area contributed by atoms with E-state index in [-0.39, 0.29) is 11.7 Å². The van der Waals surface area contributed by atoms with Gasteiger partial charge in [-0.15, -0.1) is 0 Å². The van der Waals surface area contributed by atoms with Gasteiger partial charge in [-0.1, -0.05) is 13.8 Å². The Labute approximate surface area is 168 Å². The Bertz CT molecular complexity index is 600. The van der Waals surface area contributed by atoms with Crippen molar-refractivity contribution in [2.75, 3.05) is 5.75 Å². The molecule has 0 spiro atoms. The molecule has 0 radical (unpaired) electrons. The van der Waals surface area contributed by atoms with Crippen molar-refractivity contribution < 1.29 is 29.1 Å². The molecule has 0 aliphatic rings. The second kappa shape index (κ2) is 12.2. The third kappa shape index (κ3) is 9.55. The van der Waals surface area contributed by atoms with Gasteiger partial charge in [-0.25, -0.2) is 4.79 Å². The lowest BCUT2D eigenvalue weighted by Gasteiger charge is -2.22. The molecule has 0 aromatic rings. The summed E-state index contributed by atoms with van der Waals surface area (Å²) in [7, 11) is 0. The number of carboxylic acids is 1. The molecule has 0 heterocycles. The van der Waals surface area contributed by atoms with E-state index < -0.39 is 60.2 Å². The molecular formula is C16H29N5O6S. The lowest BCUT2D eigenvalue weighted by atomic mass is 10.0. The topological polar surface area (TPSA) is 194 Å². The van der Waals surface area contributed by atoms with Gasteiger partial charge < -0.3 is 32.5 Å². The largest absolute Gasteiger partial charge is 0.480 e. The smallest absolute Gasteiger partial charge is 0.326 e. The number of amides is 4. The molecule has 4 amide bonds. The van der Waals surface area contributed by atoms with Gasteiger partial charge >= 0.3 is 5.97 Å². The first-order valence-electron chi connectivity index (χ1n) is 8.67. The molecule has 28 heavy (non-hydrogen) atoms. The number of carboxylic acid groups (broad SMARTS) is 1. The normalized spacial score (nSPS) is 15.1. The molecule has 0 aromatic heterocycles. The number of hydrogen-bond donors (Lipinski definition) is 7. The summed E-state index contributed by atoms with van der Waals surface area (Å²) in [5.74, 6) is -4.24. The Hall–Kier alpha value is -2.34. The van der Waals surface area contributed by atoms with E-state index in [1.54, 1.807) is 0 Å². The summed E-state index contributed by atoms with van der Waals surface area (Å²) in [6, 6.07) is -4.48. The minimum absolute atomic E-state index is 0.0419. The molecule has 0 bridgehead atoms. The minimum Gasteiger partial charge on any atom is -0.480 e. The Morgan fingerprint density at radius 2 is 1.46 bits per heavy atom. The molecule has 160 valence electrons. The van der Waals surface area contributed by atoms with Gasteiger partial charge in [0.2, 0.25) is 23.6 Å². The predicted molar refractivity (Wildman–Crippen MR) is 104 cm³/mol. The molecular weight excluding hydrogens is 390 g/mol. The van der Waals surface area contributed by atoms with E-state index in [1.807, 2.05) is 13.8 Å². The van der Waals surface area contributed by atoms with Crippen molar-refractivity contribution in [1.82, 2.24) is 16.0 Å². The highest BCUT2D eigenvalue weighted by atomic mass is 32.1. The third-order valence-corrected chi connectivity index (χ3v) is 4.01. The molecule has 0 aliphatic heterocycles. The molecule has 4 unspecified atom stereocenters. The number of thiol groups is 1. The van der Waals surface area contributed by atoms with E-state index in [1.165, 1.54) is 6.92 Å². The second-order valence-corrected chi connectivity index (χ2v) is 7.15. The molecule has 0 aliphatic carbocycles. The number of nitrogens with one attached hydrogen (secondary N) is 3. The van der Waals surface area contributed by atoms with E-state index in [2.05, 4.69) is 28.6 Å². The number of carbonyl (C=O) groups excluding carboxylic acids is 4. The van der Waals surface area contributed by atoms with Crippen molar-refractivity contribution in [2.24, 2.45) is 17.4 Å². The first-order valence-corrected chi connectivity index (χ1v) is 9.30. The Morgan fingerprint density at radius 1 is 0.929 bits per heavy atom. The van der Waals surface area contributed by atoms with Crippen molar-refractivity contribution in [1.29, 1.82) is 0 Å². The lowest BCUT2D eigenvalue weighted by molar-refractivity contribution is -0.143. The van der Waals surface area contributed by atoms with Gasteiger partial charge in [-0.3, -0.25) is 19.2 Å². The van der Waals surface area contributed by atoms with E-state index >= 15 is 0 Å².